The van der Waals surface area contributed by atoms with Crippen LogP contribution in [0.2, 0.25) is 0 Å². The van der Waals surface area contributed by atoms with E-state index in [9.17, 15) is 9.59 Å². The third-order valence-corrected chi connectivity index (χ3v) is 4.23. The Morgan fingerprint density at radius 1 is 1.35 bits per heavy atom. The van der Waals surface area contributed by atoms with E-state index in [-0.39, 0.29) is 30.0 Å². The lowest BCUT2D eigenvalue weighted by molar-refractivity contribution is -0.143. The molecule has 6 nitrogen and oxygen atoms in total. The second-order valence-electron chi connectivity index (χ2n) is 6.05. The van der Waals surface area contributed by atoms with Crippen molar-refractivity contribution in [3.63, 3.8) is 0 Å². The average molecular weight is 315 g/mol. The number of ether oxygens (including phenoxy) is 1. The molecule has 0 N–H and O–H groups in total. The number of carbonyl (C=O) groups excluding carboxylic acids is 1. The van der Waals surface area contributed by atoms with Gasteiger partial charge in [0.15, 0.2) is 0 Å². The zero-order valence-electron chi connectivity index (χ0n) is 13.4. The molecule has 0 saturated carbocycles. The second kappa shape index (κ2) is 6.50. The number of nitrogens with zero attached hydrogens (tertiary/aromatic N) is 3. The first-order valence-corrected chi connectivity index (χ1v) is 7.91. The molecule has 0 bridgehead atoms. The number of carbonyl (C=O) groups is 1. The molecule has 2 heterocycles. The molecule has 0 aliphatic carbocycles. The van der Waals surface area contributed by atoms with Crippen LogP contribution in [0.25, 0.3) is 10.9 Å². The van der Waals surface area contributed by atoms with Crippen LogP contribution in [-0.2, 0) is 16.1 Å². The summed E-state index contributed by atoms with van der Waals surface area (Å²) in [6, 6.07) is 7.31. The van der Waals surface area contributed by atoms with Gasteiger partial charge in [0, 0.05) is 19.5 Å². The number of morpholine rings is 1. The number of hydrogen-bond acceptors (Lipinski definition) is 4. The third-order valence-electron chi connectivity index (χ3n) is 4.23. The molecule has 1 aromatic heterocycles. The second-order valence-corrected chi connectivity index (χ2v) is 6.05. The lowest BCUT2D eigenvalue weighted by Gasteiger charge is -2.36. The van der Waals surface area contributed by atoms with E-state index in [4.69, 9.17) is 4.74 Å². The number of amides is 1. The fourth-order valence-corrected chi connectivity index (χ4v) is 2.88. The highest BCUT2D eigenvalue weighted by Gasteiger charge is 2.27. The standard InChI is InChI=1S/C17H21N3O3/c1-12-10-23-13(2)9-20(12)16(21)7-8-19-11-18-15-6-4-3-5-14(15)17(19)22/h3-6,11-13H,7-10H2,1-2H3/t12-,13-/m1/s1. The first-order valence-electron chi connectivity index (χ1n) is 7.91. The first kappa shape index (κ1) is 15.7. The molecule has 1 fully saturated rings. The van der Waals surface area contributed by atoms with Gasteiger partial charge in [0.05, 0.1) is 36.0 Å². The number of aromatic nitrogens is 2. The molecular weight excluding hydrogens is 294 g/mol. The van der Waals surface area contributed by atoms with Gasteiger partial charge in [-0.05, 0) is 26.0 Å². The first-order chi connectivity index (χ1) is 11.1. The summed E-state index contributed by atoms with van der Waals surface area (Å²) in [5.74, 6) is 0.0488. The molecule has 3 rings (SSSR count). The van der Waals surface area contributed by atoms with Crippen molar-refractivity contribution in [2.75, 3.05) is 13.2 Å². The van der Waals surface area contributed by atoms with E-state index in [1.54, 1.807) is 6.07 Å². The normalized spacial score (nSPS) is 21.6. The van der Waals surface area contributed by atoms with Crippen LogP contribution in [0.1, 0.15) is 20.3 Å². The highest BCUT2D eigenvalue weighted by atomic mass is 16.5. The molecule has 2 aromatic rings. The van der Waals surface area contributed by atoms with E-state index in [1.165, 1.54) is 10.9 Å². The molecule has 1 aliphatic heterocycles. The number of para-hydroxylation sites is 1. The maximum Gasteiger partial charge on any atom is 0.261 e. The van der Waals surface area contributed by atoms with Gasteiger partial charge in [0.25, 0.3) is 5.56 Å². The van der Waals surface area contributed by atoms with E-state index in [2.05, 4.69) is 4.98 Å². The number of hydrogen-bond donors (Lipinski definition) is 0. The summed E-state index contributed by atoms with van der Waals surface area (Å²) >= 11 is 0. The molecular formula is C17H21N3O3. The number of benzene rings is 1. The number of fused-ring (bicyclic) bond motifs is 1. The summed E-state index contributed by atoms with van der Waals surface area (Å²) in [6.07, 6.45) is 1.86. The van der Waals surface area contributed by atoms with Gasteiger partial charge in [-0.25, -0.2) is 4.98 Å². The summed E-state index contributed by atoms with van der Waals surface area (Å²) in [6.45, 7) is 5.45. The Kier molecular flexibility index (Phi) is 4.43. The summed E-state index contributed by atoms with van der Waals surface area (Å²) in [5, 5.41) is 0.579. The van der Waals surface area contributed by atoms with Crippen molar-refractivity contribution in [3.8, 4) is 0 Å². The molecule has 23 heavy (non-hydrogen) atoms. The lowest BCUT2D eigenvalue weighted by atomic mass is 10.2. The molecule has 0 radical (unpaired) electrons. The fourth-order valence-electron chi connectivity index (χ4n) is 2.88. The van der Waals surface area contributed by atoms with Crippen molar-refractivity contribution in [1.29, 1.82) is 0 Å². The Labute approximate surface area is 134 Å². The maximum absolute atomic E-state index is 12.4. The van der Waals surface area contributed by atoms with Crippen LogP contribution in [0, 0.1) is 0 Å². The molecule has 122 valence electrons. The molecule has 1 aliphatic rings. The monoisotopic (exact) mass is 315 g/mol. The summed E-state index contributed by atoms with van der Waals surface area (Å²) in [5.41, 5.74) is 0.572. The SMILES string of the molecule is C[C@@H]1CN(C(=O)CCn2cnc3ccccc3c2=O)[C@H](C)CO1. The van der Waals surface area contributed by atoms with Crippen LogP contribution in [0.15, 0.2) is 35.4 Å². The van der Waals surface area contributed by atoms with Gasteiger partial charge in [-0.1, -0.05) is 12.1 Å². The summed E-state index contributed by atoms with van der Waals surface area (Å²) < 4.78 is 7.05. The number of aryl methyl sites for hydroxylation is 1. The quantitative estimate of drug-likeness (QED) is 0.859. The minimum atomic E-state index is -0.105. The van der Waals surface area contributed by atoms with Crippen molar-refractivity contribution >= 4 is 16.8 Å². The van der Waals surface area contributed by atoms with Gasteiger partial charge in [-0.15, -0.1) is 0 Å². The summed E-state index contributed by atoms with van der Waals surface area (Å²) in [4.78, 5) is 31.0. The van der Waals surface area contributed by atoms with Crippen molar-refractivity contribution < 1.29 is 9.53 Å². The highest BCUT2D eigenvalue weighted by Crippen LogP contribution is 2.13. The van der Waals surface area contributed by atoms with Crippen LogP contribution in [0.3, 0.4) is 0 Å². The Hall–Kier alpha value is -2.21. The van der Waals surface area contributed by atoms with E-state index < -0.39 is 0 Å². The molecule has 1 amide bonds. The van der Waals surface area contributed by atoms with Crippen molar-refractivity contribution in [1.82, 2.24) is 14.5 Å². The molecule has 0 spiro atoms. The zero-order valence-corrected chi connectivity index (χ0v) is 13.4. The summed E-state index contributed by atoms with van der Waals surface area (Å²) in [7, 11) is 0. The van der Waals surface area contributed by atoms with Gasteiger partial charge < -0.3 is 9.64 Å². The topological polar surface area (TPSA) is 64.4 Å². The van der Waals surface area contributed by atoms with Gasteiger partial charge in [0.1, 0.15) is 0 Å². The largest absolute Gasteiger partial charge is 0.375 e. The van der Waals surface area contributed by atoms with Crippen molar-refractivity contribution in [2.45, 2.75) is 39.0 Å². The zero-order chi connectivity index (χ0) is 16.4. The van der Waals surface area contributed by atoms with Gasteiger partial charge in [0.2, 0.25) is 5.91 Å². The van der Waals surface area contributed by atoms with E-state index in [1.807, 2.05) is 36.9 Å². The molecule has 2 atom stereocenters. The van der Waals surface area contributed by atoms with Crippen LogP contribution < -0.4 is 5.56 Å². The maximum atomic E-state index is 12.4. The van der Waals surface area contributed by atoms with Gasteiger partial charge in [-0.2, -0.15) is 0 Å². The average Bonchev–Trinajstić information content (AvgIpc) is 2.56. The Morgan fingerprint density at radius 2 is 2.13 bits per heavy atom. The Balaban J connectivity index is 1.72. The molecule has 1 saturated heterocycles. The molecule has 1 aromatic carbocycles. The highest BCUT2D eigenvalue weighted by molar-refractivity contribution is 5.78. The van der Waals surface area contributed by atoms with E-state index in [0.29, 0.717) is 30.6 Å². The van der Waals surface area contributed by atoms with Crippen LogP contribution in [0.4, 0.5) is 0 Å². The van der Waals surface area contributed by atoms with Gasteiger partial charge in [-0.3, -0.25) is 14.2 Å². The Bertz CT molecular complexity index is 771. The van der Waals surface area contributed by atoms with E-state index >= 15 is 0 Å². The third kappa shape index (κ3) is 3.27. The van der Waals surface area contributed by atoms with Crippen LogP contribution >= 0.6 is 0 Å². The smallest absolute Gasteiger partial charge is 0.261 e. The van der Waals surface area contributed by atoms with Gasteiger partial charge >= 0.3 is 0 Å². The van der Waals surface area contributed by atoms with Crippen molar-refractivity contribution in [2.24, 2.45) is 0 Å². The molecule has 0 unspecified atom stereocenters. The van der Waals surface area contributed by atoms with Crippen LogP contribution in [0.5, 0.6) is 0 Å². The van der Waals surface area contributed by atoms with Crippen LogP contribution in [-0.4, -0.2) is 45.7 Å². The van der Waals surface area contributed by atoms with E-state index in [0.717, 1.165) is 0 Å². The Morgan fingerprint density at radius 3 is 2.96 bits per heavy atom. The predicted molar refractivity (Wildman–Crippen MR) is 87.2 cm³/mol. The minimum absolute atomic E-state index is 0.0488. The minimum Gasteiger partial charge on any atom is -0.375 e. The van der Waals surface area contributed by atoms with Crippen molar-refractivity contribution in [3.05, 3.63) is 40.9 Å². The fraction of sp³-hybridized carbons (Fsp3) is 0.471. The molecule has 6 heteroatoms. The number of rotatable bonds is 3. The lowest BCUT2D eigenvalue weighted by Crippen LogP contribution is -2.50. The predicted octanol–water partition coefficient (Wildman–Crippen LogP) is 1.42.